The van der Waals surface area contributed by atoms with Crippen LogP contribution in [-0.4, -0.2) is 57.4 Å². The van der Waals surface area contributed by atoms with Crippen molar-refractivity contribution in [3.05, 3.63) is 91.8 Å². The van der Waals surface area contributed by atoms with Crippen LogP contribution in [0, 0.1) is 13.8 Å². The van der Waals surface area contributed by atoms with Gasteiger partial charge in [0.05, 0.1) is 82.6 Å². The van der Waals surface area contributed by atoms with Gasteiger partial charge in [0, 0.05) is 73.4 Å². The van der Waals surface area contributed by atoms with Crippen LogP contribution < -0.4 is 18.9 Å². The summed E-state index contributed by atoms with van der Waals surface area (Å²) in [7, 11) is 0. The molecule has 17 heteroatoms. The number of rotatable bonds is 44. The molecule has 11 aromatic rings. The number of ketones is 1. The van der Waals surface area contributed by atoms with Crippen LogP contribution in [0.1, 0.15) is 243 Å². The van der Waals surface area contributed by atoms with Gasteiger partial charge in [0.2, 0.25) is 5.78 Å². The number of carbonyl (C=O) groups is 3. The zero-order valence-electron chi connectivity index (χ0n) is 58.6. The second-order valence-electron chi connectivity index (χ2n) is 26.0. The average molecular weight is 1470 g/mol. The van der Waals surface area contributed by atoms with Crippen molar-refractivity contribution in [1.29, 1.82) is 0 Å². The van der Waals surface area contributed by atoms with Gasteiger partial charge in [-0.05, 0) is 95.7 Å². The highest BCUT2D eigenvalue weighted by molar-refractivity contribution is 7.35. The molecule has 524 valence electrons. The van der Waals surface area contributed by atoms with E-state index < -0.39 is 0 Å². The van der Waals surface area contributed by atoms with Gasteiger partial charge in [0.25, 0.3) is 0 Å². The lowest BCUT2D eigenvalue weighted by atomic mass is 10.1. The van der Waals surface area contributed by atoms with E-state index in [2.05, 4.69) is 71.9 Å². The van der Waals surface area contributed by atoms with Crippen molar-refractivity contribution in [2.75, 3.05) is 39.6 Å². The summed E-state index contributed by atoms with van der Waals surface area (Å²) in [6, 6.07) is 23.3. The molecule has 0 bridgehead atoms. The summed E-state index contributed by atoms with van der Waals surface area (Å²) in [5.74, 6) is 3.14. The van der Waals surface area contributed by atoms with Crippen LogP contribution >= 0.6 is 90.7 Å². The zero-order valence-corrected chi connectivity index (χ0v) is 65.2. The maximum absolute atomic E-state index is 14.8. The highest BCUT2D eigenvalue weighted by Crippen LogP contribution is 2.59. The number of thiophene rings is 8. The number of benzene rings is 3. The molecule has 0 radical (unpaired) electrons. The molecule has 0 spiro atoms. The van der Waals surface area contributed by atoms with E-state index in [1.807, 2.05) is 47.7 Å². The third-order valence-electron chi connectivity index (χ3n) is 18.2. The summed E-state index contributed by atoms with van der Waals surface area (Å²) < 4.78 is 46.1. The number of ether oxygens (including phenoxy) is 6. The first kappa shape index (κ1) is 73.8. The second kappa shape index (κ2) is 37.0. The van der Waals surface area contributed by atoms with Gasteiger partial charge < -0.3 is 28.4 Å². The molecule has 9 nitrogen and oxygen atoms in total. The van der Waals surface area contributed by atoms with Gasteiger partial charge in [-0.2, -0.15) is 0 Å². The Labute approximate surface area is 612 Å². The van der Waals surface area contributed by atoms with Gasteiger partial charge >= 0.3 is 11.9 Å². The second-order valence-corrected chi connectivity index (χ2v) is 34.8. The molecule has 0 N–H and O–H groups in total. The van der Waals surface area contributed by atoms with E-state index in [4.69, 9.17) is 28.4 Å². The fourth-order valence-corrected chi connectivity index (χ4v) is 22.8. The summed E-state index contributed by atoms with van der Waals surface area (Å²) in [5.41, 5.74) is 0.677. The van der Waals surface area contributed by atoms with Crippen LogP contribution in [0.3, 0.4) is 0 Å². The van der Waals surface area contributed by atoms with E-state index >= 15 is 0 Å². The smallest absolute Gasteiger partial charge is 0.348 e. The van der Waals surface area contributed by atoms with E-state index in [-0.39, 0.29) is 24.3 Å². The van der Waals surface area contributed by atoms with E-state index in [1.54, 1.807) is 74.9 Å². The maximum Gasteiger partial charge on any atom is 0.348 e. The minimum atomic E-state index is -0.341. The Morgan fingerprint density at radius 2 is 0.755 bits per heavy atom. The molecule has 0 atom stereocenters. The van der Waals surface area contributed by atoms with Crippen molar-refractivity contribution in [2.45, 2.75) is 222 Å². The first-order chi connectivity index (χ1) is 48.0. The third-order valence-corrected chi connectivity index (χ3v) is 28.2. The van der Waals surface area contributed by atoms with E-state index in [1.165, 1.54) is 119 Å². The van der Waals surface area contributed by atoms with Crippen molar-refractivity contribution in [2.24, 2.45) is 0 Å². The maximum atomic E-state index is 14.8. The molecule has 0 amide bonds. The molecule has 11 rings (SSSR count). The number of aryl methyl sites for hydroxylation is 2. The van der Waals surface area contributed by atoms with Crippen LogP contribution in [-0.2, 0) is 14.3 Å². The van der Waals surface area contributed by atoms with Crippen molar-refractivity contribution >= 4 is 169 Å². The van der Waals surface area contributed by atoms with Gasteiger partial charge in [-0.15, -0.1) is 90.7 Å². The summed E-state index contributed by atoms with van der Waals surface area (Å²) in [4.78, 5) is 50.8. The summed E-state index contributed by atoms with van der Waals surface area (Å²) >= 11 is 13.8. The Morgan fingerprint density at radius 1 is 0.347 bits per heavy atom. The van der Waals surface area contributed by atoms with E-state index in [0.29, 0.717) is 62.7 Å². The summed E-state index contributed by atoms with van der Waals surface area (Å²) in [5, 5.41) is 6.45. The van der Waals surface area contributed by atoms with Crippen LogP contribution in [0.15, 0.2) is 66.7 Å². The van der Waals surface area contributed by atoms with Crippen molar-refractivity contribution in [1.82, 2.24) is 0 Å². The summed E-state index contributed by atoms with van der Waals surface area (Å²) in [6.07, 6.45) is 29.6. The average Bonchev–Trinajstić information content (AvgIpc) is 1.57. The van der Waals surface area contributed by atoms with Crippen LogP contribution in [0.5, 0.6) is 23.0 Å². The van der Waals surface area contributed by atoms with E-state index in [0.717, 1.165) is 174 Å². The zero-order chi connectivity index (χ0) is 68.3. The number of esters is 2. The minimum absolute atomic E-state index is 0.0239. The Hall–Kier alpha value is -5.37. The molecule has 0 fully saturated rings. The molecule has 0 aliphatic heterocycles. The molecule has 0 aliphatic carbocycles. The summed E-state index contributed by atoms with van der Waals surface area (Å²) in [6.45, 7) is 18.3. The first-order valence-electron chi connectivity index (χ1n) is 36.6. The molecule has 0 saturated carbocycles. The molecule has 98 heavy (non-hydrogen) atoms. The van der Waals surface area contributed by atoms with Gasteiger partial charge in [-0.1, -0.05) is 186 Å². The van der Waals surface area contributed by atoms with Gasteiger partial charge in [-0.3, -0.25) is 9.59 Å². The monoisotopic (exact) mass is 1470 g/mol. The van der Waals surface area contributed by atoms with E-state index in [9.17, 15) is 14.4 Å². The fourth-order valence-electron chi connectivity index (χ4n) is 13.0. The fraction of sp³-hybridized carbons (Fsp3) is 0.494. The standard InChI is InChI=1S/C81H98O9S8/c1-8-13-17-21-25-33-41-86-68-55-46-52(6)91-75(55)69(87-42-34-26-22-18-14-9-2)56-48-63(95-76(56)68)74-60-50-61(67(83)54-38-30-29-31-39-54)93-79(60)80(98-74)64-49-58-71(89-44-36-28-24-20-16-11-4)77-57(70(78(58)96-64)88-43-35-27-23-19-15-10-3)47-62(94-77)73-59-51-65(97-72(59)53(7)92-73)81(84)90-45-37-32-40-66(82)85-12-5/h29-31,38-39,46-51H,8-28,32-37,40-45H2,1-7H3. The lowest BCUT2D eigenvalue weighted by molar-refractivity contribution is -0.143. The first-order valence-corrected chi connectivity index (χ1v) is 43.1. The number of carbonyl (C=O) groups excluding carboxylic acids is 3. The van der Waals surface area contributed by atoms with Crippen LogP contribution in [0.2, 0.25) is 0 Å². The molecule has 8 heterocycles. The van der Waals surface area contributed by atoms with Crippen LogP contribution in [0.25, 0.3) is 89.8 Å². The Bertz CT molecular complexity index is 4260. The molecular formula is C81H98O9S8. The number of hydrogen-bond donors (Lipinski definition) is 0. The quantitative estimate of drug-likeness (QED) is 0.0210. The minimum Gasteiger partial charge on any atom is -0.491 e. The number of fused-ring (bicyclic) bond motifs is 6. The Balaban J connectivity index is 1.04. The number of hydrogen-bond acceptors (Lipinski definition) is 17. The Kier molecular flexibility index (Phi) is 27.9. The molecule has 3 aromatic carbocycles. The molecule has 0 aliphatic rings. The third kappa shape index (κ3) is 17.9. The lowest BCUT2D eigenvalue weighted by Gasteiger charge is -2.14. The highest BCUT2D eigenvalue weighted by Gasteiger charge is 2.30. The normalized spacial score (nSPS) is 11.9. The van der Waals surface area contributed by atoms with Crippen LogP contribution in [0.4, 0.5) is 0 Å². The lowest BCUT2D eigenvalue weighted by Crippen LogP contribution is -2.07. The topological polar surface area (TPSA) is 107 Å². The van der Waals surface area contributed by atoms with Crippen molar-refractivity contribution in [3.8, 4) is 52.3 Å². The predicted octanol–water partition coefficient (Wildman–Crippen LogP) is 27.8. The van der Waals surface area contributed by atoms with Gasteiger partial charge in [0.15, 0.2) is 0 Å². The molecule has 8 aromatic heterocycles. The number of unbranched alkanes of at least 4 members (excludes halogenated alkanes) is 21. The SMILES string of the molecule is CCCCCCCCOc1c2cc(-c3sc(-c4cc5c(OCCCCCCCC)c6sc(-c7sc(C)c8sc(C(=O)OCCCCC(=O)OCC)cc78)cc6c(OCCCCCCCC)c5s4)c4sc(C(=O)c5ccccc5)cc34)sc2c(OCCCCCCCC)c2cc(C)sc12. The van der Waals surface area contributed by atoms with Crippen molar-refractivity contribution < 1.29 is 42.8 Å². The molecular weight excluding hydrogens is 1370 g/mol. The van der Waals surface area contributed by atoms with Gasteiger partial charge in [-0.25, -0.2) is 4.79 Å². The predicted molar refractivity (Wildman–Crippen MR) is 426 cm³/mol. The highest BCUT2D eigenvalue weighted by atomic mass is 32.1. The largest absolute Gasteiger partial charge is 0.491 e. The van der Waals surface area contributed by atoms with Gasteiger partial charge in [0.1, 0.15) is 27.9 Å². The Morgan fingerprint density at radius 3 is 1.24 bits per heavy atom. The van der Waals surface area contributed by atoms with Crippen molar-refractivity contribution in [3.63, 3.8) is 0 Å². The molecule has 0 saturated heterocycles. The molecule has 0 unspecified atom stereocenters.